The fourth-order valence-corrected chi connectivity index (χ4v) is 1.85. The molecule has 2 rings (SSSR count). The van der Waals surface area contributed by atoms with Gasteiger partial charge in [0, 0.05) is 24.2 Å². The van der Waals surface area contributed by atoms with Crippen molar-refractivity contribution in [3.63, 3.8) is 0 Å². The Hall–Kier alpha value is -2.19. The number of alkyl halides is 3. The molecule has 0 saturated heterocycles. The van der Waals surface area contributed by atoms with E-state index in [1.807, 2.05) is 0 Å². The smallest absolute Gasteiger partial charge is 0.270 e. The molecule has 1 amide bonds. The molecule has 2 aromatic rings. The van der Waals surface area contributed by atoms with E-state index in [4.69, 9.17) is 11.8 Å². The number of benzene rings is 1. The van der Waals surface area contributed by atoms with Gasteiger partial charge in [0.05, 0.1) is 17.7 Å². The Morgan fingerprint density at radius 2 is 1.95 bits per heavy atom. The zero-order valence-electron chi connectivity index (χ0n) is 11.0. The highest BCUT2D eigenvalue weighted by Gasteiger charge is 2.30. The predicted octanol–water partition coefficient (Wildman–Crippen LogP) is 2.80. The van der Waals surface area contributed by atoms with Crippen molar-refractivity contribution >= 4 is 17.7 Å². The summed E-state index contributed by atoms with van der Waals surface area (Å²) in [5.74, 6) is -0.567. The second-order valence-corrected chi connectivity index (χ2v) is 4.69. The Labute approximate surface area is 128 Å². The molecule has 22 heavy (non-hydrogen) atoms. The van der Waals surface area contributed by atoms with Crippen LogP contribution >= 0.6 is 11.8 Å². The van der Waals surface area contributed by atoms with Crippen LogP contribution in [0, 0.1) is 0 Å². The number of carbonyl (C=O) groups is 1. The van der Waals surface area contributed by atoms with Crippen molar-refractivity contribution in [1.82, 2.24) is 19.9 Å². The van der Waals surface area contributed by atoms with Crippen LogP contribution in [0.4, 0.5) is 13.2 Å². The van der Waals surface area contributed by atoms with Gasteiger partial charge in [-0.3, -0.25) is 10.2 Å². The Balaban J connectivity index is 2.00. The number of aromatic nitrogens is 2. The van der Waals surface area contributed by atoms with Gasteiger partial charge in [-0.15, -0.1) is 4.53 Å². The van der Waals surface area contributed by atoms with Gasteiger partial charge < -0.3 is 0 Å². The highest BCUT2D eigenvalue weighted by atomic mass is 35.5. The van der Waals surface area contributed by atoms with Crippen LogP contribution in [-0.2, 0) is 12.7 Å². The molecule has 0 saturated carbocycles. The number of hydrazine groups is 1. The molecule has 5 nitrogen and oxygen atoms in total. The number of rotatable bonds is 4. The molecule has 0 spiro atoms. The first-order valence-electron chi connectivity index (χ1n) is 6.02. The van der Waals surface area contributed by atoms with Crippen molar-refractivity contribution in [2.75, 3.05) is 0 Å². The minimum absolute atomic E-state index is 0.106. The van der Waals surface area contributed by atoms with Gasteiger partial charge in [0.2, 0.25) is 0 Å². The second kappa shape index (κ2) is 6.71. The van der Waals surface area contributed by atoms with Crippen LogP contribution in [0.1, 0.15) is 21.5 Å². The molecular formula is C13H10ClF3N4O. The van der Waals surface area contributed by atoms with Crippen molar-refractivity contribution < 1.29 is 18.0 Å². The van der Waals surface area contributed by atoms with E-state index in [2.05, 4.69) is 15.4 Å². The van der Waals surface area contributed by atoms with Crippen molar-refractivity contribution in [2.24, 2.45) is 0 Å². The van der Waals surface area contributed by atoms with E-state index in [0.717, 1.165) is 16.7 Å². The summed E-state index contributed by atoms with van der Waals surface area (Å²) in [6.45, 7) is -0.106. The Bertz CT molecular complexity index is 651. The third-order valence-corrected chi connectivity index (χ3v) is 2.83. The van der Waals surface area contributed by atoms with Crippen molar-refractivity contribution in [2.45, 2.75) is 12.7 Å². The van der Waals surface area contributed by atoms with Gasteiger partial charge in [0.1, 0.15) is 6.33 Å². The molecule has 9 heteroatoms. The molecule has 1 heterocycles. The van der Waals surface area contributed by atoms with Gasteiger partial charge in [-0.25, -0.2) is 9.97 Å². The highest BCUT2D eigenvalue weighted by molar-refractivity contribution is 6.14. The highest BCUT2D eigenvalue weighted by Crippen LogP contribution is 2.29. The quantitative estimate of drug-likeness (QED) is 0.692. The van der Waals surface area contributed by atoms with Gasteiger partial charge in [-0.1, -0.05) is 18.2 Å². The number of hydrogen-bond acceptors (Lipinski definition) is 4. The Kier molecular flexibility index (Phi) is 4.94. The van der Waals surface area contributed by atoms with Crippen LogP contribution < -0.4 is 5.43 Å². The minimum Gasteiger partial charge on any atom is -0.270 e. The van der Waals surface area contributed by atoms with Crippen LogP contribution in [-0.4, -0.2) is 20.4 Å². The third kappa shape index (κ3) is 4.40. The summed E-state index contributed by atoms with van der Waals surface area (Å²) in [4.78, 5) is 19.1. The fraction of sp³-hybridized carbons (Fsp3) is 0.154. The fourth-order valence-electron chi connectivity index (χ4n) is 1.64. The lowest BCUT2D eigenvalue weighted by Crippen LogP contribution is -2.35. The Morgan fingerprint density at radius 3 is 2.59 bits per heavy atom. The summed E-state index contributed by atoms with van der Waals surface area (Å²) in [5.41, 5.74) is 2.00. The number of nitrogens with one attached hydrogen (secondary N) is 1. The molecule has 0 radical (unpaired) electrons. The van der Waals surface area contributed by atoms with Crippen molar-refractivity contribution in [3.8, 4) is 0 Å². The number of nitrogens with zero attached hydrogens (tertiary/aromatic N) is 3. The normalized spacial score (nSPS) is 11.5. The maximum atomic E-state index is 12.6. The molecule has 1 N–H and O–H groups in total. The van der Waals surface area contributed by atoms with E-state index in [9.17, 15) is 18.0 Å². The largest absolute Gasteiger partial charge is 0.416 e. The molecule has 0 fully saturated rings. The molecule has 1 aromatic heterocycles. The van der Waals surface area contributed by atoms with Gasteiger partial charge >= 0.3 is 6.18 Å². The van der Waals surface area contributed by atoms with E-state index in [1.165, 1.54) is 30.9 Å². The molecule has 1 aromatic carbocycles. The van der Waals surface area contributed by atoms with Crippen LogP contribution in [0.5, 0.6) is 0 Å². The number of hydrogen-bond donors (Lipinski definition) is 1. The SMILES string of the molecule is O=C(NN(Cl)Cc1cccc(C(F)(F)F)c1)c1cncnc1. The van der Waals surface area contributed by atoms with E-state index in [1.54, 1.807) is 0 Å². The maximum Gasteiger partial charge on any atom is 0.416 e. The van der Waals surface area contributed by atoms with Gasteiger partial charge in [0.15, 0.2) is 0 Å². The van der Waals surface area contributed by atoms with Crippen molar-refractivity contribution in [3.05, 3.63) is 59.7 Å². The number of amides is 1. The molecule has 0 atom stereocenters. The molecule has 0 aliphatic heterocycles. The maximum absolute atomic E-state index is 12.6. The monoisotopic (exact) mass is 330 g/mol. The molecule has 0 aliphatic rings. The summed E-state index contributed by atoms with van der Waals surface area (Å²) in [6.07, 6.45) is -0.593. The number of halogens is 4. The van der Waals surface area contributed by atoms with Gasteiger partial charge in [-0.05, 0) is 11.6 Å². The molecule has 0 unspecified atom stereocenters. The summed E-state index contributed by atoms with van der Waals surface area (Å²) < 4.78 is 38.7. The summed E-state index contributed by atoms with van der Waals surface area (Å²) in [5, 5.41) is 0. The number of carbonyl (C=O) groups excluding carboxylic acids is 1. The van der Waals surface area contributed by atoms with Crippen LogP contribution in [0.2, 0.25) is 0 Å². The van der Waals surface area contributed by atoms with Crippen LogP contribution in [0.25, 0.3) is 0 Å². The first-order chi connectivity index (χ1) is 10.4. The molecule has 0 aliphatic carbocycles. The lowest BCUT2D eigenvalue weighted by molar-refractivity contribution is -0.137. The van der Waals surface area contributed by atoms with Gasteiger partial charge in [-0.2, -0.15) is 13.2 Å². The van der Waals surface area contributed by atoms with Crippen LogP contribution in [0.3, 0.4) is 0 Å². The summed E-state index contributed by atoms with van der Waals surface area (Å²) in [7, 11) is 0. The zero-order chi connectivity index (χ0) is 16.2. The third-order valence-electron chi connectivity index (χ3n) is 2.62. The standard InChI is InChI=1S/C13H10ClF3N4O/c14-21(20-12(22)10-5-18-8-19-6-10)7-9-2-1-3-11(4-9)13(15,16)17/h1-6,8H,7H2,(H,20,22). The lowest BCUT2D eigenvalue weighted by atomic mass is 10.1. The molecular weight excluding hydrogens is 321 g/mol. The van der Waals surface area contributed by atoms with Gasteiger partial charge in [0.25, 0.3) is 5.91 Å². The Morgan fingerprint density at radius 1 is 1.27 bits per heavy atom. The zero-order valence-corrected chi connectivity index (χ0v) is 11.8. The second-order valence-electron chi connectivity index (χ2n) is 4.29. The summed E-state index contributed by atoms with van der Waals surface area (Å²) >= 11 is 5.81. The summed E-state index contributed by atoms with van der Waals surface area (Å²) in [6, 6.07) is 4.67. The first kappa shape index (κ1) is 16.2. The average molecular weight is 331 g/mol. The lowest BCUT2D eigenvalue weighted by Gasteiger charge is -2.16. The van der Waals surface area contributed by atoms with Crippen molar-refractivity contribution in [1.29, 1.82) is 0 Å². The van der Waals surface area contributed by atoms with E-state index < -0.39 is 17.6 Å². The topological polar surface area (TPSA) is 58.1 Å². The van der Waals surface area contributed by atoms with E-state index >= 15 is 0 Å². The molecule has 0 bridgehead atoms. The minimum atomic E-state index is -4.43. The average Bonchev–Trinajstić information content (AvgIpc) is 2.47. The first-order valence-corrected chi connectivity index (χ1v) is 6.35. The molecule has 116 valence electrons. The van der Waals surface area contributed by atoms with Crippen LogP contribution in [0.15, 0.2) is 43.0 Å². The van der Waals surface area contributed by atoms with E-state index in [-0.39, 0.29) is 12.1 Å². The predicted molar refractivity (Wildman–Crippen MR) is 72.3 cm³/mol. The van der Waals surface area contributed by atoms with E-state index in [0.29, 0.717) is 5.56 Å².